The number of rotatable bonds is 3. The first-order chi connectivity index (χ1) is 11.1. The maximum absolute atomic E-state index is 12.0. The second-order valence-electron chi connectivity index (χ2n) is 4.46. The van der Waals surface area contributed by atoms with E-state index in [2.05, 4.69) is 25.8 Å². The van der Waals surface area contributed by atoms with E-state index < -0.39 is 6.03 Å². The van der Waals surface area contributed by atoms with Crippen molar-refractivity contribution in [3.05, 3.63) is 47.7 Å². The van der Waals surface area contributed by atoms with Crippen LogP contribution in [0.15, 0.2) is 42.7 Å². The van der Waals surface area contributed by atoms with Crippen LogP contribution in [0.5, 0.6) is 0 Å². The molecule has 0 aliphatic heterocycles. The van der Waals surface area contributed by atoms with Crippen LogP contribution in [0.25, 0.3) is 10.6 Å². The van der Waals surface area contributed by atoms with E-state index in [0.717, 1.165) is 5.56 Å². The summed E-state index contributed by atoms with van der Waals surface area (Å²) >= 11 is 7.10. The Morgan fingerprint density at radius 1 is 1.13 bits per heavy atom. The fourth-order valence-corrected chi connectivity index (χ4v) is 2.63. The van der Waals surface area contributed by atoms with Gasteiger partial charge in [-0.15, -0.1) is 10.2 Å². The summed E-state index contributed by atoms with van der Waals surface area (Å²) in [5.41, 5.74) is 7.49. The predicted molar refractivity (Wildman–Crippen MR) is 91.6 cm³/mol. The summed E-state index contributed by atoms with van der Waals surface area (Å²) in [5.74, 6) is 0. The van der Waals surface area contributed by atoms with Crippen LogP contribution < -0.4 is 16.4 Å². The molecule has 0 aliphatic carbocycles. The van der Waals surface area contributed by atoms with Gasteiger partial charge in [-0.05, 0) is 30.3 Å². The number of amides is 2. The van der Waals surface area contributed by atoms with E-state index in [0.29, 0.717) is 26.5 Å². The molecule has 0 aliphatic rings. The molecule has 0 spiro atoms. The molecule has 0 saturated carbocycles. The number of hydrogen-bond donors (Lipinski definition) is 3. The molecule has 9 heteroatoms. The summed E-state index contributed by atoms with van der Waals surface area (Å²) in [6.45, 7) is 0. The highest BCUT2D eigenvalue weighted by Gasteiger charge is 2.10. The number of aromatic nitrogens is 3. The number of anilines is 3. The molecule has 3 aromatic rings. The van der Waals surface area contributed by atoms with Crippen LogP contribution in [0.2, 0.25) is 5.02 Å². The van der Waals surface area contributed by atoms with Gasteiger partial charge in [-0.25, -0.2) is 4.79 Å². The monoisotopic (exact) mass is 346 g/mol. The van der Waals surface area contributed by atoms with Crippen molar-refractivity contribution in [2.24, 2.45) is 0 Å². The molecule has 0 radical (unpaired) electrons. The van der Waals surface area contributed by atoms with Crippen LogP contribution in [-0.4, -0.2) is 21.2 Å². The van der Waals surface area contributed by atoms with E-state index >= 15 is 0 Å². The van der Waals surface area contributed by atoms with Crippen molar-refractivity contribution in [3.63, 3.8) is 0 Å². The van der Waals surface area contributed by atoms with Gasteiger partial charge in [0, 0.05) is 23.6 Å². The average molecular weight is 347 g/mol. The lowest BCUT2D eigenvalue weighted by molar-refractivity contribution is 0.262. The molecule has 23 heavy (non-hydrogen) atoms. The second kappa shape index (κ2) is 6.59. The molecule has 7 nitrogen and oxygen atoms in total. The van der Waals surface area contributed by atoms with Crippen LogP contribution >= 0.6 is 22.9 Å². The van der Waals surface area contributed by atoms with Gasteiger partial charge in [0.15, 0.2) is 0 Å². The van der Waals surface area contributed by atoms with Crippen LogP contribution in [0.4, 0.5) is 21.3 Å². The highest BCUT2D eigenvalue weighted by Crippen LogP contribution is 2.26. The zero-order valence-electron chi connectivity index (χ0n) is 11.7. The van der Waals surface area contributed by atoms with Crippen LogP contribution in [0.3, 0.4) is 0 Å². The summed E-state index contributed by atoms with van der Waals surface area (Å²) in [5, 5.41) is 14.7. The van der Waals surface area contributed by atoms with Gasteiger partial charge < -0.3 is 11.1 Å². The number of nitrogens with zero attached hydrogens (tertiary/aromatic N) is 3. The van der Waals surface area contributed by atoms with Crippen LogP contribution in [0, 0.1) is 0 Å². The Kier molecular flexibility index (Phi) is 4.35. The van der Waals surface area contributed by atoms with Gasteiger partial charge in [-0.2, -0.15) is 0 Å². The summed E-state index contributed by atoms with van der Waals surface area (Å²) < 4.78 is 0. The molecular formula is C14H11ClN6OS. The van der Waals surface area contributed by atoms with Gasteiger partial charge in [0.1, 0.15) is 5.01 Å². The number of nitrogen functional groups attached to an aromatic ring is 1. The number of hydrogen-bond acceptors (Lipinski definition) is 6. The lowest BCUT2D eigenvalue weighted by Gasteiger charge is -2.06. The third kappa shape index (κ3) is 3.74. The molecule has 0 atom stereocenters. The van der Waals surface area contributed by atoms with E-state index in [1.54, 1.807) is 30.6 Å². The van der Waals surface area contributed by atoms with Gasteiger partial charge in [0.05, 0.1) is 10.7 Å². The SMILES string of the molecule is Nc1cc(NC(=O)Nc2nnc(-c3ccncc3)s2)ccc1Cl. The summed E-state index contributed by atoms with van der Waals surface area (Å²) in [6.07, 6.45) is 3.34. The standard InChI is InChI=1S/C14H11ClN6OS/c15-10-2-1-9(7-11(10)16)18-13(22)19-14-21-20-12(23-14)8-3-5-17-6-4-8/h1-7H,16H2,(H2,18,19,21,22). The molecular weight excluding hydrogens is 336 g/mol. The number of nitrogens with one attached hydrogen (secondary N) is 2. The van der Waals surface area contributed by atoms with E-state index in [-0.39, 0.29) is 0 Å². The molecule has 0 unspecified atom stereocenters. The van der Waals surface area contributed by atoms with Gasteiger partial charge >= 0.3 is 6.03 Å². The Morgan fingerprint density at radius 3 is 2.65 bits per heavy atom. The van der Waals surface area contributed by atoms with Gasteiger partial charge in [-0.3, -0.25) is 10.3 Å². The Bertz CT molecular complexity index is 838. The van der Waals surface area contributed by atoms with Gasteiger partial charge in [0.25, 0.3) is 0 Å². The maximum atomic E-state index is 12.0. The van der Waals surface area contributed by atoms with Crippen molar-refractivity contribution < 1.29 is 4.79 Å². The summed E-state index contributed by atoms with van der Waals surface area (Å²) in [4.78, 5) is 15.9. The normalized spacial score (nSPS) is 10.3. The number of pyridine rings is 1. The molecule has 116 valence electrons. The highest BCUT2D eigenvalue weighted by atomic mass is 35.5. The average Bonchev–Trinajstić information content (AvgIpc) is 3.00. The number of halogens is 1. The Morgan fingerprint density at radius 2 is 1.91 bits per heavy atom. The lowest BCUT2D eigenvalue weighted by Crippen LogP contribution is -2.19. The molecule has 4 N–H and O–H groups in total. The van der Waals surface area contributed by atoms with Crippen molar-refractivity contribution in [3.8, 4) is 10.6 Å². The Balaban J connectivity index is 1.66. The number of urea groups is 1. The van der Waals surface area contributed by atoms with E-state index in [9.17, 15) is 4.79 Å². The fraction of sp³-hybridized carbons (Fsp3) is 0. The summed E-state index contributed by atoms with van der Waals surface area (Å²) in [7, 11) is 0. The maximum Gasteiger partial charge on any atom is 0.325 e. The second-order valence-corrected chi connectivity index (χ2v) is 5.85. The minimum Gasteiger partial charge on any atom is -0.397 e. The van der Waals surface area contributed by atoms with Gasteiger partial charge in [0.2, 0.25) is 5.13 Å². The highest BCUT2D eigenvalue weighted by molar-refractivity contribution is 7.18. The zero-order chi connectivity index (χ0) is 16.2. The Labute approximate surface area is 140 Å². The predicted octanol–water partition coefficient (Wildman–Crippen LogP) is 3.48. The van der Waals surface area contributed by atoms with Crippen molar-refractivity contribution >= 4 is 45.5 Å². The zero-order valence-corrected chi connectivity index (χ0v) is 13.2. The van der Waals surface area contributed by atoms with Crippen molar-refractivity contribution in [2.45, 2.75) is 0 Å². The molecule has 0 fully saturated rings. The van der Waals surface area contributed by atoms with E-state index in [4.69, 9.17) is 17.3 Å². The van der Waals surface area contributed by atoms with Crippen LogP contribution in [0.1, 0.15) is 0 Å². The molecule has 0 bridgehead atoms. The molecule has 1 aromatic carbocycles. The third-order valence-electron chi connectivity index (χ3n) is 2.83. The Hall–Kier alpha value is -2.71. The van der Waals surface area contributed by atoms with Crippen molar-refractivity contribution in [2.75, 3.05) is 16.4 Å². The minimum atomic E-state index is -0.441. The summed E-state index contributed by atoms with van der Waals surface area (Å²) in [6, 6.07) is 8.04. The van der Waals surface area contributed by atoms with Gasteiger partial charge in [-0.1, -0.05) is 22.9 Å². The molecule has 2 heterocycles. The third-order valence-corrected chi connectivity index (χ3v) is 4.06. The first-order valence-electron chi connectivity index (χ1n) is 6.49. The number of carbonyl (C=O) groups excluding carboxylic acids is 1. The largest absolute Gasteiger partial charge is 0.397 e. The lowest BCUT2D eigenvalue weighted by atomic mass is 10.3. The van der Waals surface area contributed by atoms with Crippen molar-refractivity contribution in [1.29, 1.82) is 0 Å². The number of nitrogens with two attached hydrogens (primary N) is 1. The fourth-order valence-electron chi connectivity index (χ4n) is 1.77. The van der Waals surface area contributed by atoms with E-state index in [1.807, 2.05) is 12.1 Å². The molecule has 3 rings (SSSR count). The number of carbonyl (C=O) groups is 1. The molecule has 2 amide bonds. The van der Waals surface area contributed by atoms with Crippen molar-refractivity contribution in [1.82, 2.24) is 15.2 Å². The minimum absolute atomic E-state index is 0.385. The first kappa shape index (κ1) is 15.2. The number of benzene rings is 1. The molecule has 2 aromatic heterocycles. The quantitative estimate of drug-likeness (QED) is 0.629. The topological polar surface area (TPSA) is 106 Å². The first-order valence-corrected chi connectivity index (χ1v) is 7.68. The smallest absolute Gasteiger partial charge is 0.325 e. The van der Waals surface area contributed by atoms with E-state index in [1.165, 1.54) is 11.3 Å². The van der Waals surface area contributed by atoms with Crippen LogP contribution in [-0.2, 0) is 0 Å². The molecule has 0 saturated heterocycles.